The maximum atomic E-state index is 11.3. The molecule has 0 saturated carbocycles. The van der Waals surface area contributed by atoms with Crippen molar-refractivity contribution in [2.24, 2.45) is 0 Å². The molecular formula is C17H12N2O4. The monoisotopic (exact) mass is 308 g/mol. The van der Waals surface area contributed by atoms with Gasteiger partial charge in [-0.25, -0.2) is 4.79 Å². The van der Waals surface area contributed by atoms with E-state index in [2.05, 4.69) is 0 Å². The number of rotatable bonds is 4. The summed E-state index contributed by atoms with van der Waals surface area (Å²) in [6, 6.07) is 16.9. The molecule has 0 aliphatic heterocycles. The Hall–Kier alpha value is -3.41. The van der Waals surface area contributed by atoms with E-state index in [0.717, 1.165) is 5.56 Å². The van der Waals surface area contributed by atoms with Crippen LogP contribution in [-0.2, 0) is 0 Å². The van der Waals surface area contributed by atoms with E-state index >= 15 is 0 Å². The molecule has 0 fully saturated rings. The van der Waals surface area contributed by atoms with Crippen molar-refractivity contribution in [3.63, 3.8) is 0 Å². The second-order valence-corrected chi connectivity index (χ2v) is 4.93. The minimum absolute atomic E-state index is 0.0133. The number of nitro benzene ring substituents is 1. The van der Waals surface area contributed by atoms with Gasteiger partial charge in [-0.15, -0.1) is 0 Å². The Balaban J connectivity index is 2.14. The van der Waals surface area contributed by atoms with Crippen LogP contribution in [0.15, 0.2) is 66.9 Å². The topological polar surface area (TPSA) is 85.4 Å². The molecule has 1 N–H and O–H groups in total. The normalized spacial score (nSPS) is 10.4. The van der Waals surface area contributed by atoms with E-state index in [1.54, 1.807) is 22.8 Å². The van der Waals surface area contributed by atoms with Crippen LogP contribution < -0.4 is 0 Å². The minimum Gasteiger partial charge on any atom is -0.478 e. The maximum Gasteiger partial charge on any atom is 0.337 e. The van der Waals surface area contributed by atoms with Crippen molar-refractivity contribution in [3.05, 3.63) is 82.5 Å². The van der Waals surface area contributed by atoms with E-state index < -0.39 is 10.9 Å². The van der Waals surface area contributed by atoms with Crippen LogP contribution >= 0.6 is 0 Å². The van der Waals surface area contributed by atoms with Crippen LogP contribution in [0, 0.1) is 10.1 Å². The predicted molar refractivity (Wildman–Crippen MR) is 84.8 cm³/mol. The largest absolute Gasteiger partial charge is 0.478 e. The summed E-state index contributed by atoms with van der Waals surface area (Å²) >= 11 is 0. The van der Waals surface area contributed by atoms with Crippen molar-refractivity contribution in [3.8, 4) is 16.9 Å². The first-order chi connectivity index (χ1) is 11.1. The second kappa shape index (κ2) is 5.76. The van der Waals surface area contributed by atoms with Crippen molar-refractivity contribution in [2.75, 3.05) is 0 Å². The SMILES string of the molecule is O=C(O)c1cc(-c2ccccc2)n(-c2ccc([N+](=O)[O-])cc2)c1. The first kappa shape index (κ1) is 14.5. The molecule has 1 heterocycles. The molecule has 6 nitrogen and oxygen atoms in total. The lowest BCUT2D eigenvalue weighted by atomic mass is 10.1. The minimum atomic E-state index is -1.03. The highest BCUT2D eigenvalue weighted by Gasteiger charge is 2.14. The Morgan fingerprint density at radius 2 is 1.70 bits per heavy atom. The van der Waals surface area contributed by atoms with Gasteiger partial charge in [0.15, 0.2) is 0 Å². The average Bonchev–Trinajstić information content (AvgIpc) is 3.01. The van der Waals surface area contributed by atoms with Crippen molar-refractivity contribution in [1.29, 1.82) is 0 Å². The van der Waals surface area contributed by atoms with Gasteiger partial charge in [-0.05, 0) is 23.8 Å². The van der Waals surface area contributed by atoms with Crippen molar-refractivity contribution < 1.29 is 14.8 Å². The highest BCUT2D eigenvalue weighted by molar-refractivity contribution is 5.89. The highest BCUT2D eigenvalue weighted by Crippen LogP contribution is 2.27. The summed E-state index contributed by atoms with van der Waals surface area (Å²) in [5.41, 5.74) is 2.36. The third kappa shape index (κ3) is 2.82. The number of carboxylic acid groups (broad SMARTS) is 1. The Morgan fingerprint density at radius 1 is 1.04 bits per heavy atom. The van der Waals surface area contributed by atoms with Crippen LogP contribution in [0.5, 0.6) is 0 Å². The molecule has 23 heavy (non-hydrogen) atoms. The molecule has 2 aromatic carbocycles. The molecule has 0 radical (unpaired) electrons. The summed E-state index contributed by atoms with van der Waals surface area (Å²) in [5, 5.41) is 20.0. The predicted octanol–water partition coefficient (Wildman–Crippen LogP) is 3.75. The molecule has 114 valence electrons. The van der Waals surface area contributed by atoms with Gasteiger partial charge in [-0.2, -0.15) is 0 Å². The first-order valence-corrected chi connectivity index (χ1v) is 6.82. The van der Waals surface area contributed by atoms with Crippen LogP contribution in [-0.4, -0.2) is 20.6 Å². The molecule has 0 aliphatic carbocycles. The fourth-order valence-electron chi connectivity index (χ4n) is 2.36. The number of hydrogen-bond donors (Lipinski definition) is 1. The Labute approximate surface area is 131 Å². The molecule has 0 spiro atoms. The second-order valence-electron chi connectivity index (χ2n) is 4.93. The summed E-state index contributed by atoms with van der Waals surface area (Å²) in [5.74, 6) is -1.03. The highest BCUT2D eigenvalue weighted by atomic mass is 16.6. The van der Waals surface area contributed by atoms with Gasteiger partial charge in [0, 0.05) is 24.0 Å². The van der Waals surface area contributed by atoms with Gasteiger partial charge in [0.05, 0.1) is 16.2 Å². The lowest BCUT2D eigenvalue weighted by Crippen LogP contribution is -1.97. The number of hydrogen-bond acceptors (Lipinski definition) is 3. The van der Waals surface area contributed by atoms with Crippen LogP contribution in [0.3, 0.4) is 0 Å². The molecule has 0 saturated heterocycles. The fraction of sp³-hybridized carbons (Fsp3) is 0. The van der Waals surface area contributed by atoms with Gasteiger partial charge < -0.3 is 9.67 Å². The molecule has 1 aromatic heterocycles. The van der Waals surface area contributed by atoms with Crippen molar-refractivity contribution in [2.45, 2.75) is 0 Å². The molecule has 3 aromatic rings. The summed E-state index contributed by atoms with van der Waals surface area (Å²) in [7, 11) is 0. The molecule has 0 atom stereocenters. The van der Waals surface area contributed by atoms with Crippen LogP contribution in [0.4, 0.5) is 5.69 Å². The Morgan fingerprint density at radius 3 is 2.26 bits per heavy atom. The number of aromatic nitrogens is 1. The van der Waals surface area contributed by atoms with E-state index in [9.17, 15) is 20.0 Å². The lowest BCUT2D eigenvalue weighted by molar-refractivity contribution is -0.384. The zero-order chi connectivity index (χ0) is 16.4. The molecule has 0 bridgehead atoms. The molecule has 0 aliphatic rings. The fourth-order valence-corrected chi connectivity index (χ4v) is 2.36. The number of carboxylic acids is 1. The summed E-state index contributed by atoms with van der Waals surface area (Å²) in [4.78, 5) is 21.5. The van der Waals surface area contributed by atoms with E-state index in [-0.39, 0.29) is 11.3 Å². The zero-order valence-corrected chi connectivity index (χ0v) is 11.9. The number of nitro groups is 1. The van der Waals surface area contributed by atoms with Crippen LogP contribution in [0.2, 0.25) is 0 Å². The summed E-state index contributed by atoms with van der Waals surface area (Å²) < 4.78 is 1.71. The summed E-state index contributed by atoms with van der Waals surface area (Å²) in [6.45, 7) is 0. The number of benzene rings is 2. The van der Waals surface area contributed by atoms with Crippen LogP contribution in [0.25, 0.3) is 16.9 Å². The quantitative estimate of drug-likeness (QED) is 0.587. The molecule has 6 heteroatoms. The maximum absolute atomic E-state index is 11.3. The first-order valence-electron chi connectivity index (χ1n) is 6.82. The van der Waals surface area contributed by atoms with Crippen molar-refractivity contribution >= 4 is 11.7 Å². The van der Waals surface area contributed by atoms with E-state index in [4.69, 9.17) is 0 Å². The molecule has 0 unspecified atom stereocenters. The van der Waals surface area contributed by atoms with Gasteiger partial charge >= 0.3 is 5.97 Å². The molecule has 3 rings (SSSR count). The standard InChI is InChI=1S/C17H12N2O4/c20-17(21)13-10-16(12-4-2-1-3-5-12)18(11-13)14-6-8-15(9-7-14)19(22)23/h1-11H,(H,20,21). The van der Waals surface area contributed by atoms with Gasteiger partial charge in [0.25, 0.3) is 5.69 Å². The van der Waals surface area contributed by atoms with Gasteiger partial charge in [-0.3, -0.25) is 10.1 Å². The third-order valence-corrected chi connectivity index (χ3v) is 3.48. The lowest BCUT2D eigenvalue weighted by Gasteiger charge is -2.09. The van der Waals surface area contributed by atoms with Gasteiger partial charge in [0.1, 0.15) is 0 Å². The molecular weight excluding hydrogens is 296 g/mol. The average molecular weight is 308 g/mol. The number of non-ortho nitro benzene ring substituents is 1. The van der Waals surface area contributed by atoms with E-state index in [0.29, 0.717) is 11.4 Å². The van der Waals surface area contributed by atoms with E-state index in [1.165, 1.54) is 18.3 Å². The zero-order valence-electron chi connectivity index (χ0n) is 11.9. The van der Waals surface area contributed by atoms with Gasteiger partial charge in [0.2, 0.25) is 0 Å². The van der Waals surface area contributed by atoms with Gasteiger partial charge in [-0.1, -0.05) is 30.3 Å². The number of carbonyl (C=O) groups is 1. The summed E-state index contributed by atoms with van der Waals surface area (Å²) in [6.07, 6.45) is 1.51. The Bertz CT molecular complexity index is 867. The number of nitrogens with zero attached hydrogens (tertiary/aromatic N) is 2. The third-order valence-electron chi connectivity index (χ3n) is 3.48. The smallest absolute Gasteiger partial charge is 0.337 e. The van der Waals surface area contributed by atoms with E-state index in [1.807, 2.05) is 30.3 Å². The van der Waals surface area contributed by atoms with Crippen molar-refractivity contribution in [1.82, 2.24) is 4.57 Å². The molecule has 0 amide bonds. The number of aromatic carboxylic acids is 1. The Kier molecular flexibility index (Phi) is 3.64. The van der Waals surface area contributed by atoms with Crippen LogP contribution in [0.1, 0.15) is 10.4 Å².